The lowest BCUT2D eigenvalue weighted by molar-refractivity contribution is 0.174. The van der Waals surface area contributed by atoms with Gasteiger partial charge in [-0.25, -0.2) is 4.79 Å². The molecule has 0 bridgehead atoms. The van der Waals surface area contributed by atoms with Crippen LogP contribution in [-0.4, -0.2) is 12.8 Å². The molecule has 21 heavy (non-hydrogen) atoms. The monoisotopic (exact) mass is 284 g/mol. The lowest BCUT2D eigenvalue weighted by Crippen LogP contribution is -2.28. The van der Waals surface area contributed by atoms with E-state index in [0.717, 1.165) is 5.56 Å². The SMILES string of the molecule is Cc1cccc(CNC(=O)Nc2ccc3c(c2)OCO3)c1. The Kier molecular flexibility index (Phi) is 3.64. The van der Waals surface area contributed by atoms with Gasteiger partial charge >= 0.3 is 6.03 Å². The van der Waals surface area contributed by atoms with Gasteiger partial charge in [0.15, 0.2) is 11.5 Å². The van der Waals surface area contributed by atoms with E-state index in [1.54, 1.807) is 18.2 Å². The van der Waals surface area contributed by atoms with Crippen LogP contribution >= 0.6 is 0 Å². The fourth-order valence-corrected chi connectivity index (χ4v) is 2.15. The van der Waals surface area contributed by atoms with Crippen molar-refractivity contribution in [3.05, 3.63) is 53.6 Å². The molecule has 0 fully saturated rings. The summed E-state index contributed by atoms with van der Waals surface area (Å²) in [6.07, 6.45) is 0. The predicted octanol–water partition coefficient (Wildman–Crippen LogP) is 3.05. The van der Waals surface area contributed by atoms with Gasteiger partial charge in [0.1, 0.15) is 0 Å². The van der Waals surface area contributed by atoms with Crippen LogP contribution in [0.4, 0.5) is 10.5 Å². The van der Waals surface area contributed by atoms with Gasteiger partial charge in [0, 0.05) is 18.3 Å². The summed E-state index contributed by atoms with van der Waals surface area (Å²) in [4.78, 5) is 11.9. The number of ether oxygens (including phenoxy) is 2. The van der Waals surface area contributed by atoms with Gasteiger partial charge < -0.3 is 20.1 Å². The highest BCUT2D eigenvalue weighted by molar-refractivity contribution is 5.89. The molecule has 0 aliphatic carbocycles. The van der Waals surface area contributed by atoms with Crippen LogP contribution in [0.1, 0.15) is 11.1 Å². The smallest absolute Gasteiger partial charge is 0.319 e. The van der Waals surface area contributed by atoms with Crippen molar-refractivity contribution in [1.29, 1.82) is 0 Å². The first-order valence-electron chi connectivity index (χ1n) is 6.71. The minimum atomic E-state index is -0.254. The van der Waals surface area contributed by atoms with E-state index in [9.17, 15) is 4.79 Å². The largest absolute Gasteiger partial charge is 0.454 e. The molecule has 1 heterocycles. The Morgan fingerprint density at radius 1 is 1.14 bits per heavy atom. The molecule has 0 radical (unpaired) electrons. The molecule has 2 N–H and O–H groups in total. The van der Waals surface area contributed by atoms with Crippen LogP contribution in [0.15, 0.2) is 42.5 Å². The quantitative estimate of drug-likeness (QED) is 0.910. The molecular formula is C16H16N2O3. The van der Waals surface area contributed by atoms with Gasteiger partial charge in [-0.05, 0) is 24.6 Å². The average Bonchev–Trinajstić information content (AvgIpc) is 2.93. The van der Waals surface area contributed by atoms with Gasteiger partial charge in [-0.1, -0.05) is 29.8 Å². The Balaban J connectivity index is 1.57. The summed E-state index contributed by atoms with van der Waals surface area (Å²) in [5.41, 5.74) is 2.90. The van der Waals surface area contributed by atoms with Crippen LogP contribution in [0.5, 0.6) is 11.5 Å². The van der Waals surface area contributed by atoms with Crippen LogP contribution in [0.25, 0.3) is 0 Å². The first kappa shape index (κ1) is 13.3. The molecule has 1 aliphatic rings. The van der Waals surface area contributed by atoms with E-state index in [4.69, 9.17) is 9.47 Å². The standard InChI is InChI=1S/C16H16N2O3/c1-11-3-2-4-12(7-11)9-17-16(19)18-13-5-6-14-15(8-13)21-10-20-14/h2-8H,9-10H2,1H3,(H2,17,18,19). The average molecular weight is 284 g/mol. The fourth-order valence-electron chi connectivity index (χ4n) is 2.15. The molecule has 3 rings (SSSR count). The summed E-state index contributed by atoms with van der Waals surface area (Å²) in [5, 5.41) is 5.59. The number of fused-ring (bicyclic) bond motifs is 1. The molecule has 5 heteroatoms. The summed E-state index contributed by atoms with van der Waals surface area (Å²) in [7, 11) is 0. The molecule has 0 unspecified atom stereocenters. The molecule has 2 aromatic rings. The zero-order valence-corrected chi connectivity index (χ0v) is 11.7. The van der Waals surface area contributed by atoms with E-state index in [1.807, 2.05) is 31.2 Å². The van der Waals surface area contributed by atoms with Gasteiger partial charge in [0.05, 0.1) is 0 Å². The van der Waals surface area contributed by atoms with Crippen LogP contribution < -0.4 is 20.1 Å². The maximum absolute atomic E-state index is 11.9. The van der Waals surface area contributed by atoms with Crippen LogP contribution in [0, 0.1) is 6.92 Å². The number of urea groups is 1. The normalized spacial score (nSPS) is 12.0. The van der Waals surface area contributed by atoms with E-state index >= 15 is 0 Å². The molecule has 0 spiro atoms. The van der Waals surface area contributed by atoms with Crippen molar-refractivity contribution >= 4 is 11.7 Å². The maximum atomic E-state index is 11.9. The number of benzene rings is 2. The molecule has 2 amide bonds. The Morgan fingerprint density at radius 2 is 2.00 bits per heavy atom. The van der Waals surface area contributed by atoms with Crippen molar-refractivity contribution in [3.63, 3.8) is 0 Å². The van der Waals surface area contributed by atoms with Crippen LogP contribution in [0.3, 0.4) is 0 Å². The number of aryl methyl sites for hydroxylation is 1. The highest BCUT2D eigenvalue weighted by Gasteiger charge is 2.13. The van der Waals surface area contributed by atoms with Crippen molar-refractivity contribution in [2.75, 3.05) is 12.1 Å². The van der Waals surface area contributed by atoms with Crippen molar-refractivity contribution in [3.8, 4) is 11.5 Å². The molecule has 0 aromatic heterocycles. The predicted molar refractivity (Wildman–Crippen MR) is 79.6 cm³/mol. The number of amides is 2. The van der Waals surface area contributed by atoms with Gasteiger partial charge in [0.2, 0.25) is 6.79 Å². The first-order chi connectivity index (χ1) is 10.2. The Bertz CT molecular complexity index is 670. The third-order valence-electron chi connectivity index (χ3n) is 3.17. The zero-order valence-electron chi connectivity index (χ0n) is 11.7. The van der Waals surface area contributed by atoms with Crippen molar-refractivity contribution in [2.24, 2.45) is 0 Å². The number of hydrogen-bond acceptors (Lipinski definition) is 3. The Hall–Kier alpha value is -2.69. The van der Waals surface area contributed by atoms with E-state index < -0.39 is 0 Å². The topological polar surface area (TPSA) is 59.6 Å². The second-order valence-electron chi connectivity index (χ2n) is 4.86. The number of nitrogens with one attached hydrogen (secondary N) is 2. The summed E-state index contributed by atoms with van der Waals surface area (Å²) < 4.78 is 10.5. The number of rotatable bonds is 3. The third kappa shape index (κ3) is 3.25. The summed E-state index contributed by atoms with van der Waals surface area (Å²) >= 11 is 0. The summed E-state index contributed by atoms with van der Waals surface area (Å²) in [6.45, 7) is 2.73. The fraction of sp³-hybridized carbons (Fsp3) is 0.188. The Morgan fingerprint density at radius 3 is 2.86 bits per heavy atom. The minimum absolute atomic E-state index is 0.221. The van der Waals surface area contributed by atoms with Crippen molar-refractivity contribution in [2.45, 2.75) is 13.5 Å². The number of anilines is 1. The number of carbonyl (C=O) groups excluding carboxylic acids is 1. The minimum Gasteiger partial charge on any atom is -0.454 e. The van der Waals surface area contributed by atoms with E-state index in [2.05, 4.69) is 10.6 Å². The molecule has 0 saturated carbocycles. The summed E-state index contributed by atoms with van der Waals surface area (Å²) in [6, 6.07) is 13.1. The van der Waals surface area contributed by atoms with E-state index in [-0.39, 0.29) is 12.8 Å². The van der Waals surface area contributed by atoms with E-state index in [1.165, 1.54) is 5.56 Å². The number of carbonyl (C=O) groups is 1. The second kappa shape index (κ2) is 5.75. The molecule has 0 atom stereocenters. The maximum Gasteiger partial charge on any atom is 0.319 e. The molecular weight excluding hydrogens is 268 g/mol. The van der Waals surface area contributed by atoms with Crippen molar-refractivity contribution in [1.82, 2.24) is 5.32 Å². The highest BCUT2D eigenvalue weighted by atomic mass is 16.7. The van der Waals surface area contributed by atoms with Gasteiger partial charge in [-0.2, -0.15) is 0 Å². The van der Waals surface area contributed by atoms with E-state index in [0.29, 0.717) is 23.7 Å². The third-order valence-corrected chi connectivity index (χ3v) is 3.17. The van der Waals surface area contributed by atoms with Gasteiger partial charge in [-0.15, -0.1) is 0 Å². The van der Waals surface area contributed by atoms with Gasteiger partial charge in [0.25, 0.3) is 0 Å². The van der Waals surface area contributed by atoms with Crippen LogP contribution in [-0.2, 0) is 6.54 Å². The lowest BCUT2D eigenvalue weighted by Gasteiger charge is -2.08. The van der Waals surface area contributed by atoms with Gasteiger partial charge in [-0.3, -0.25) is 0 Å². The molecule has 108 valence electrons. The number of hydrogen-bond donors (Lipinski definition) is 2. The molecule has 5 nitrogen and oxygen atoms in total. The lowest BCUT2D eigenvalue weighted by atomic mass is 10.1. The first-order valence-corrected chi connectivity index (χ1v) is 6.71. The van der Waals surface area contributed by atoms with Crippen LogP contribution in [0.2, 0.25) is 0 Å². The zero-order chi connectivity index (χ0) is 14.7. The second-order valence-corrected chi connectivity index (χ2v) is 4.86. The molecule has 0 saturated heterocycles. The summed E-state index contributed by atoms with van der Waals surface area (Å²) in [5.74, 6) is 1.34. The molecule has 1 aliphatic heterocycles. The Labute approximate surface area is 122 Å². The van der Waals surface area contributed by atoms with Crippen molar-refractivity contribution < 1.29 is 14.3 Å². The molecule has 2 aromatic carbocycles. The highest BCUT2D eigenvalue weighted by Crippen LogP contribution is 2.34.